The summed E-state index contributed by atoms with van der Waals surface area (Å²) in [6.45, 7) is -0.172. The van der Waals surface area contributed by atoms with Crippen molar-refractivity contribution in [3.63, 3.8) is 0 Å². The third-order valence-corrected chi connectivity index (χ3v) is 9.65. The molecule has 0 saturated heterocycles. The lowest BCUT2D eigenvalue weighted by Crippen LogP contribution is -2.54. The van der Waals surface area contributed by atoms with Crippen LogP contribution in [-0.4, -0.2) is 26.8 Å². The summed E-state index contributed by atoms with van der Waals surface area (Å²) in [5.74, 6) is 1.45. The fraction of sp³-hybridized carbons (Fsp3) is 0.440. The van der Waals surface area contributed by atoms with E-state index in [1.165, 1.54) is 49.6 Å². The Hall–Kier alpha value is -2.29. The summed E-state index contributed by atoms with van der Waals surface area (Å²) in [6, 6.07) is 10.4. The van der Waals surface area contributed by atoms with Gasteiger partial charge in [-0.15, -0.1) is 0 Å². The Morgan fingerprint density at radius 2 is 1.46 bits per heavy atom. The number of anilines is 2. The molecule has 7 nitrogen and oxygen atoms in total. The van der Waals surface area contributed by atoms with Gasteiger partial charge in [-0.1, -0.05) is 23.2 Å². The molecule has 10 heteroatoms. The number of carbonyl (C=O) groups is 2. The van der Waals surface area contributed by atoms with Crippen LogP contribution in [0, 0.1) is 23.2 Å². The Morgan fingerprint density at radius 3 is 2.06 bits per heavy atom. The van der Waals surface area contributed by atoms with Gasteiger partial charge in [0.05, 0.1) is 11.6 Å². The van der Waals surface area contributed by atoms with E-state index in [9.17, 15) is 18.0 Å². The van der Waals surface area contributed by atoms with Gasteiger partial charge in [0.2, 0.25) is 11.8 Å². The predicted molar refractivity (Wildman–Crippen MR) is 136 cm³/mol. The van der Waals surface area contributed by atoms with E-state index in [0.717, 1.165) is 19.3 Å². The molecule has 6 rings (SSSR count). The zero-order chi connectivity index (χ0) is 24.8. The summed E-state index contributed by atoms with van der Waals surface area (Å²) in [4.78, 5) is 25.5. The fourth-order valence-corrected chi connectivity index (χ4v) is 8.17. The lowest BCUT2D eigenvalue weighted by atomic mass is 9.49. The molecule has 0 aliphatic heterocycles. The van der Waals surface area contributed by atoms with Crippen molar-refractivity contribution in [3.8, 4) is 0 Å². The van der Waals surface area contributed by atoms with E-state index in [4.69, 9.17) is 23.2 Å². The van der Waals surface area contributed by atoms with E-state index >= 15 is 0 Å². The first-order valence-corrected chi connectivity index (χ1v) is 14.0. The van der Waals surface area contributed by atoms with Gasteiger partial charge in [-0.3, -0.25) is 14.3 Å². The molecule has 4 saturated carbocycles. The molecule has 0 atom stereocenters. The second-order valence-electron chi connectivity index (χ2n) is 10.2. The highest BCUT2D eigenvalue weighted by molar-refractivity contribution is 7.92. The van der Waals surface area contributed by atoms with Crippen LogP contribution in [0.4, 0.5) is 11.4 Å². The number of sulfonamides is 1. The molecule has 0 spiro atoms. The number of nitrogens with one attached hydrogen (secondary N) is 3. The van der Waals surface area contributed by atoms with E-state index in [-0.39, 0.29) is 33.5 Å². The minimum Gasteiger partial charge on any atom is -0.347 e. The van der Waals surface area contributed by atoms with Crippen LogP contribution in [0.25, 0.3) is 0 Å². The zero-order valence-electron chi connectivity index (χ0n) is 19.0. The Bertz CT molecular complexity index is 1230. The molecule has 186 valence electrons. The zero-order valence-corrected chi connectivity index (χ0v) is 21.3. The van der Waals surface area contributed by atoms with Crippen LogP contribution in [0.3, 0.4) is 0 Å². The van der Waals surface area contributed by atoms with Crippen molar-refractivity contribution in [2.45, 2.75) is 43.4 Å². The quantitative estimate of drug-likeness (QED) is 0.460. The van der Waals surface area contributed by atoms with Crippen LogP contribution < -0.4 is 15.4 Å². The Balaban J connectivity index is 1.22. The number of carbonyl (C=O) groups excluding carboxylic acids is 2. The van der Waals surface area contributed by atoms with Gasteiger partial charge in [-0.2, -0.15) is 0 Å². The van der Waals surface area contributed by atoms with Gasteiger partial charge in [0.25, 0.3) is 10.0 Å². The average molecular weight is 536 g/mol. The summed E-state index contributed by atoms with van der Waals surface area (Å²) >= 11 is 12.0. The maximum Gasteiger partial charge on any atom is 0.263 e. The Kier molecular flexibility index (Phi) is 6.48. The van der Waals surface area contributed by atoms with Crippen LogP contribution in [0.2, 0.25) is 10.0 Å². The van der Waals surface area contributed by atoms with Gasteiger partial charge < -0.3 is 10.6 Å². The van der Waals surface area contributed by atoms with Crippen molar-refractivity contribution in [2.24, 2.45) is 23.2 Å². The molecule has 3 N–H and O–H groups in total. The smallest absolute Gasteiger partial charge is 0.263 e. The molecular weight excluding hydrogens is 509 g/mol. The summed E-state index contributed by atoms with van der Waals surface area (Å²) in [5, 5.41) is 5.99. The highest BCUT2D eigenvalue weighted by Crippen LogP contribution is 2.60. The van der Waals surface area contributed by atoms with Crippen molar-refractivity contribution in [3.05, 3.63) is 52.5 Å². The number of rotatable bonds is 7. The SMILES string of the molecule is O=C(CNC(=O)C12CC3CC(CC(C3)C1)C2)Nc1ccc(Cl)c(S(=O)(=O)Nc2ccc(Cl)cc2)c1. The molecule has 2 aromatic rings. The van der Waals surface area contributed by atoms with Crippen molar-refractivity contribution in [2.75, 3.05) is 16.6 Å². The number of hydrogen-bond donors (Lipinski definition) is 3. The molecule has 4 aliphatic carbocycles. The maximum absolute atomic E-state index is 13.1. The Morgan fingerprint density at radius 1 is 0.886 bits per heavy atom. The fourth-order valence-electron chi connectivity index (χ4n) is 6.46. The van der Waals surface area contributed by atoms with Gasteiger partial charge in [0.1, 0.15) is 4.90 Å². The molecule has 0 radical (unpaired) electrons. The van der Waals surface area contributed by atoms with Gasteiger partial charge in [-0.05, 0) is 98.7 Å². The standard InChI is InChI=1S/C25H27Cl2N3O4S/c26-18-1-3-19(4-2-18)30-35(33,34)22-10-20(5-6-21(22)27)29-23(31)14-28-24(32)25-11-15-7-16(12-25)9-17(8-15)13-25/h1-6,10,15-17,30H,7-9,11-14H2,(H,28,32)(H,29,31). The van der Waals surface area contributed by atoms with Crippen molar-refractivity contribution in [1.82, 2.24) is 5.32 Å². The van der Waals surface area contributed by atoms with Gasteiger partial charge >= 0.3 is 0 Å². The Labute approximate surface area is 215 Å². The molecule has 4 fully saturated rings. The average Bonchev–Trinajstić information content (AvgIpc) is 2.79. The van der Waals surface area contributed by atoms with E-state index < -0.39 is 15.9 Å². The molecule has 0 unspecified atom stereocenters. The predicted octanol–water partition coefficient (Wildman–Crippen LogP) is 5.07. The van der Waals surface area contributed by atoms with Crippen LogP contribution in [0.5, 0.6) is 0 Å². The summed E-state index contributed by atoms with van der Waals surface area (Å²) in [6.07, 6.45) is 6.48. The summed E-state index contributed by atoms with van der Waals surface area (Å²) < 4.78 is 28.2. The third kappa shape index (κ3) is 5.15. The summed E-state index contributed by atoms with van der Waals surface area (Å²) in [5.41, 5.74) is 0.261. The normalized spacial score (nSPS) is 26.9. The second kappa shape index (κ2) is 9.30. The minimum absolute atomic E-state index is 0.0135. The molecule has 4 bridgehead atoms. The van der Waals surface area contributed by atoms with E-state index in [1.54, 1.807) is 12.1 Å². The number of hydrogen-bond acceptors (Lipinski definition) is 4. The molecule has 2 amide bonds. The van der Waals surface area contributed by atoms with Crippen molar-refractivity contribution < 1.29 is 18.0 Å². The van der Waals surface area contributed by atoms with E-state index in [0.29, 0.717) is 28.5 Å². The van der Waals surface area contributed by atoms with E-state index in [2.05, 4.69) is 15.4 Å². The number of halogens is 2. The molecular formula is C25H27Cl2N3O4S. The molecule has 4 aliphatic rings. The summed E-state index contributed by atoms with van der Waals surface area (Å²) in [7, 11) is -4.01. The van der Waals surface area contributed by atoms with Gasteiger partial charge in [0, 0.05) is 21.8 Å². The first-order valence-electron chi connectivity index (χ1n) is 11.8. The van der Waals surface area contributed by atoms with Crippen LogP contribution in [0.1, 0.15) is 38.5 Å². The number of amides is 2. The maximum atomic E-state index is 13.1. The third-order valence-electron chi connectivity index (χ3n) is 7.53. The molecule has 0 aromatic heterocycles. The highest BCUT2D eigenvalue weighted by Gasteiger charge is 2.54. The number of benzene rings is 2. The topological polar surface area (TPSA) is 104 Å². The first-order chi connectivity index (χ1) is 16.6. The molecule has 2 aromatic carbocycles. The largest absolute Gasteiger partial charge is 0.347 e. The van der Waals surface area contributed by atoms with Crippen LogP contribution >= 0.6 is 23.2 Å². The minimum atomic E-state index is -4.01. The lowest BCUT2D eigenvalue weighted by molar-refractivity contribution is -0.146. The first kappa shape index (κ1) is 24.4. The lowest BCUT2D eigenvalue weighted by Gasteiger charge is -2.55. The van der Waals surface area contributed by atoms with Crippen LogP contribution in [-0.2, 0) is 19.6 Å². The van der Waals surface area contributed by atoms with E-state index in [1.807, 2.05) is 0 Å². The van der Waals surface area contributed by atoms with Crippen LogP contribution in [0.15, 0.2) is 47.4 Å². The van der Waals surface area contributed by atoms with Crippen molar-refractivity contribution >= 4 is 56.4 Å². The monoisotopic (exact) mass is 535 g/mol. The highest BCUT2D eigenvalue weighted by atomic mass is 35.5. The van der Waals surface area contributed by atoms with Gasteiger partial charge in [0.15, 0.2) is 0 Å². The second-order valence-corrected chi connectivity index (χ2v) is 12.7. The molecule has 0 heterocycles. The van der Waals surface area contributed by atoms with Gasteiger partial charge in [-0.25, -0.2) is 8.42 Å². The molecule has 35 heavy (non-hydrogen) atoms. The van der Waals surface area contributed by atoms with Crippen molar-refractivity contribution in [1.29, 1.82) is 0 Å².